The summed E-state index contributed by atoms with van der Waals surface area (Å²) < 4.78 is 10.6. The quantitative estimate of drug-likeness (QED) is 0.329. The van der Waals surface area contributed by atoms with Crippen LogP contribution in [-0.2, 0) is 19.1 Å². The van der Waals surface area contributed by atoms with Crippen molar-refractivity contribution in [2.75, 3.05) is 31.6 Å². The highest BCUT2D eigenvalue weighted by atomic mass is 16.6. The van der Waals surface area contributed by atoms with E-state index < -0.39 is 41.7 Å². The molecule has 0 saturated carbocycles. The molecule has 0 aromatic heterocycles. The lowest BCUT2D eigenvalue weighted by Crippen LogP contribution is -2.53. The minimum atomic E-state index is -1.27. The van der Waals surface area contributed by atoms with Crippen LogP contribution in [0.1, 0.15) is 55.8 Å². The monoisotopic (exact) mass is 462 g/mol. The Morgan fingerprint density at radius 3 is 2.64 bits per heavy atom. The standard InChI is InChI=1S/C22H30N4O7/c1-22(2,3)33-21(31)24-10-12-32-11-9-23-14-6-4-5-13-17(14)20(30)26(19(13)29)15-7-8-16(27)25-18(15)28/h4-6,15,19,23,29H,7-12H2,1-3H3,(H,24,31)(H,25,27,28). The summed E-state index contributed by atoms with van der Waals surface area (Å²) in [5.41, 5.74) is 0.643. The van der Waals surface area contributed by atoms with Crippen LogP contribution in [0.2, 0.25) is 0 Å². The van der Waals surface area contributed by atoms with Crippen molar-refractivity contribution in [1.82, 2.24) is 15.5 Å². The van der Waals surface area contributed by atoms with Crippen LogP contribution in [0.15, 0.2) is 18.2 Å². The smallest absolute Gasteiger partial charge is 0.407 e. The lowest BCUT2D eigenvalue weighted by Gasteiger charge is -2.31. The van der Waals surface area contributed by atoms with Gasteiger partial charge in [-0.15, -0.1) is 0 Å². The highest BCUT2D eigenvalue weighted by molar-refractivity contribution is 6.08. The number of nitrogens with zero attached hydrogens (tertiary/aromatic N) is 1. The number of carbonyl (C=O) groups is 4. The number of aliphatic hydroxyl groups is 1. The summed E-state index contributed by atoms with van der Waals surface area (Å²) in [4.78, 5) is 49.4. The summed E-state index contributed by atoms with van der Waals surface area (Å²) in [5, 5.41) is 18.6. The van der Waals surface area contributed by atoms with Crippen molar-refractivity contribution in [3.63, 3.8) is 0 Å². The first-order valence-electron chi connectivity index (χ1n) is 10.8. The topological polar surface area (TPSA) is 146 Å². The largest absolute Gasteiger partial charge is 0.444 e. The lowest BCUT2D eigenvalue weighted by molar-refractivity contribution is -0.139. The van der Waals surface area contributed by atoms with Gasteiger partial charge in [0.1, 0.15) is 11.6 Å². The third-order valence-corrected chi connectivity index (χ3v) is 5.11. The zero-order valence-electron chi connectivity index (χ0n) is 19.0. The Morgan fingerprint density at radius 2 is 1.94 bits per heavy atom. The van der Waals surface area contributed by atoms with Crippen LogP contribution < -0.4 is 16.0 Å². The number of aliphatic hydroxyl groups excluding tert-OH is 1. The fraction of sp³-hybridized carbons (Fsp3) is 0.545. The molecule has 2 aliphatic rings. The van der Waals surface area contributed by atoms with Crippen molar-refractivity contribution in [3.8, 4) is 0 Å². The van der Waals surface area contributed by atoms with E-state index in [-0.39, 0.29) is 19.4 Å². The molecular formula is C22H30N4O7. The van der Waals surface area contributed by atoms with Gasteiger partial charge in [0.05, 0.1) is 18.8 Å². The molecule has 0 radical (unpaired) electrons. The Morgan fingerprint density at radius 1 is 1.21 bits per heavy atom. The third-order valence-electron chi connectivity index (χ3n) is 5.11. The van der Waals surface area contributed by atoms with E-state index in [9.17, 15) is 24.3 Å². The van der Waals surface area contributed by atoms with Gasteiger partial charge >= 0.3 is 6.09 Å². The minimum absolute atomic E-state index is 0.106. The molecule has 0 bridgehead atoms. The van der Waals surface area contributed by atoms with Gasteiger partial charge in [-0.3, -0.25) is 24.6 Å². The second-order valence-corrected chi connectivity index (χ2v) is 8.79. The number of imide groups is 1. The van der Waals surface area contributed by atoms with E-state index in [0.29, 0.717) is 36.5 Å². The first-order chi connectivity index (χ1) is 15.6. The van der Waals surface area contributed by atoms with Crippen LogP contribution in [0.25, 0.3) is 0 Å². The predicted octanol–water partition coefficient (Wildman–Crippen LogP) is 0.892. The number of hydrogen-bond donors (Lipinski definition) is 4. The summed E-state index contributed by atoms with van der Waals surface area (Å²) >= 11 is 0. The van der Waals surface area contributed by atoms with Crippen LogP contribution >= 0.6 is 0 Å². The Kier molecular flexibility index (Phi) is 7.54. The van der Waals surface area contributed by atoms with Gasteiger partial charge in [0.2, 0.25) is 11.8 Å². The SMILES string of the molecule is CC(C)(C)OC(=O)NCCOCCNc1cccc2c1C(=O)N(C1CCC(=O)NC1=O)C2O. The number of piperidine rings is 1. The van der Waals surface area contributed by atoms with E-state index in [1.54, 1.807) is 39.0 Å². The zero-order chi connectivity index (χ0) is 24.2. The minimum Gasteiger partial charge on any atom is -0.444 e. The molecular weight excluding hydrogens is 432 g/mol. The first-order valence-corrected chi connectivity index (χ1v) is 10.8. The van der Waals surface area contributed by atoms with Crippen molar-refractivity contribution in [3.05, 3.63) is 29.3 Å². The van der Waals surface area contributed by atoms with Gasteiger partial charge in [-0.2, -0.15) is 0 Å². The van der Waals surface area contributed by atoms with Gasteiger partial charge < -0.3 is 25.2 Å². The first kappa shape index (κ1) is 24.5. The van der Waals surface area contributed by atoms with E-state index in [1.165, 1.54) is 0 Å². The number of anilines is 1. The third kappa shape index (κ3) is 5.99. The average Bonchev–Trinajstić information content (AvgIpc) is 2.97. The van der Waals surface area contributed by atoms with E-state index >= 15 is 0 Å². The molecule has 1 aromatic rings. The molecule has 1 aromatic carbocycles. The van der Waals surface area contributed by atoms with Gasteiger partial charge in [-0.1, -0.05) is 12.1 Å². The zero-order valence-corrected chi connectivity index (χ0v) is 19.0. The fourth-order valence-corrected chi connectivity index (χ4v) is 3.72. The summed E-state index contributed by atoms with van der Waals surface area (Å²) in [6.07, 6.45) is -1.51. The molecule has 180 valence electrons. The molecule has 0 aliphatic carbocycles. The summed E-state index contributed by atoms with van der Waals surface area (Å²) in [6, 6.07) is 4.14. The number of rotatable bonds is 8. The highest BCUT2D eigenvalue weighted by Gasteiger charge is 2.45. The van der Waals surface area contributed by atoms with Crippen molar-refractivity contribution < 1.29 is 33.8 Å². The molecule has 2 aliphatic heterocycles. The van der Waals surface area contributed by atoms with Crippen LogP contribution in [0.4, 0.5) is 10.5 Å². The van der Waals surface area contributed by atoms with Crippen LogP contribution in [-0.4, -0.2) is 71.8 Å². The molecule has 2 heterocycles. The maximum Gasteiger partial charge on any atom is 0.407 e. The number of nitrogens with one attached hydrogen (secondary N) is 3. The van der Waals surface area contributed by atoms with Crippen LogP contribution in [0.5, 0.6) is 0 Å². The molecule has 11 heteroatoms. The highest BCUT2D eigenvalue weighted by Crippen LogP contribution is 2.38. The van der Waals surface area contributed by atoms with Gasteiger partial charge in [0.25, 0.3) is 5.91 Å². The molecule has 1 saturated heterocycles. The van der Waals surface area contributed by atoms with Crippen LogP contribution in [0.3, 0.4) is 0 Å². The predicted molar refractivity (Wildman–Crippen MR) is 117 cm³/mol. The van der Waals surface area contributed by atoms with Crippen molar-refractivity contribution in [1.29, 1.82) is 0 Å². The molecule has 4 N–H and O–H groups in total. The number of amides is 4. The summed E-state index contributed by atoms with van der Waals surface area (Å²) in [7, 11) is 0. The normalized spacial score (nSPS) is 20.4. The average molecular weight is 463 g/mol. The number of hydrogen-bond acceptors (Lipinski definition) is 8. The van der Waals surface area contributed by atoms with E-state index in [2.05, 4.69) is 16.0 Å². The number of fused-ring (bicyclic) bond motifs is 1. The van der Waals surface area contributed by atoms with E-state index in [1.807, 2.05) is 0 Å². The number of ether oxygens (including phenoxy) is 2. The Labute approximate surface area is 191 Å². The van der Waals surface area contributed by atoms with Crippen molar-refractivity contribution in [2.45, 2.75) is 51.5 Å². The molecule has 33 heavy (non-hydrogen) atoms. The summed E-state index contributed by atoms with van der Waals surface area (Å²) in [5.74, 6) is -1.45. The molecule has 2 atom stereocenters. The molecule has 2 unspecified atom stereocenters. The molecule has 11 nitrogen and oxygen atoms in total. The van der Waals surface area contributed by atoms with Gasteiger partial charge in [0, 0.05) is 30.8 Å². The molecule has 1 fully saturated rings. The maximum absolute atomic E-state index is 13.1. The van der Waals surface area contributed by atoms with Gasteiger partial charge in [0.15, 0.2) is 6.23 Å². The fourth-order valence-electron chi connectivity index (χ4n) is 3.72. The number of carbonyl (C=O) groups excluding carboxylic acids is 4. The Bertz CT molecular complexity index is 928. The second-order valence-electron chi connectivity index (χ2n) is 8.79. The van der Waals surface area contributed by atoms with Crippen molar-refractivity contribution in [2.24, 2.45) is 0 Å². The molecule has 0 spiro atoms. The number of alkyl carbamates (subject to hydrolysis) is 1. The maximum atomic E-state index is 13.1. The van der Waals surface area contributed by atoms with Crippen molar-refractivity contribution >= 4 is 29.5 Å². The van der Waals surface area contributed by atoms with Crippen LogP contribution in [0, 0.1) is 0 Å². The van der Waals surface area contributed by atoms with Gasteiger partial charge in [-0.25, -0.2) is 4.79 Å². The summed E-state index contributed by atoms with van der Waals surface area (Å²) in [6.45, 7) is 6.61. The number of benzene rings is 1. The Hall–Kier alpha value is -3.18. The van der Waals surface area contributed by atoms with E-state index in [0.717, 1.165) is 4.90 Å². The second kappa shape index (κ2) is 10.2. The molecule has 3 rings (SSSR count). The van der Waals surface area contributed by atoms with E-state index in [4.69, 9.17) is 9.47 Å². The Balaban J connectivity index is 1.50. The lowest BCUT2D eigenvalue weighted by atomic mass is 10.0. The molecule has 4 amide bonds. The van der Waals surface area contributed by atoms with Gasteiger partial charge in [-0.05, 0) is 33.3 Å².